The number of benzene rings is 1. The fourth-order valence-corrected chi connectivity index (χ4v) is 2.44. The van der Waals surface area contributed by atoms with Gasteiger partial charge in [-0.25, -0.2) is 9.98 Å². The van der Waals surface area contributed by atoms with Crippen LogP contribution in [0.5, 0.6) is 0 Å². The van der Waals surface area contributed by atoms with Crippen LogP contribution in [0.1, 0.15) is 18.6 Å². The first-order valence-corrected chi connectivity index (χ1v) is 8.97. The number of aliphatic imine (C=N–C) groups is 1. The molecular formula is C17H21ClN8O. The van der Waals surface area contributed by atoms with Crippen LogP contribution < -0.4 is 10.6 Å². The third-order valence-corrected chi connectivity index (χ3v) is 3.98. The summed E-state index contributed by atoms with van der Waals surface area (Å²) in [7, 11) is 1.84. The van der Waals surface area contributed by atoms with Crippen molar-refractivity contribution < 1.29 is 4.52 Å². The second kappa shape index (κ2) is 9.13. The van der Waals surface area contributed by atoms with Crippen molar-refractivity contribution in [1.29, 1.82) is 0 Å². The fourth-order valence-electron chi connectivity index (χ4n) is 2.32. The van der Waals surface area contributed by atoms with Crippen LogP contribution in [0.2, 0.25) is 5.02 Å². The third-order valence-electron chi connectivity index (χ3n) is 3.73. The quantitative estimate of drug-likeness (QED) is 0.469. The van der Waals surface area contributed by atoms with E-state index in [0.717, 1.165) is 17.9 Å². The van der Waals surface area contributed by atoms with Crippen LogP contribution >= 0.6 is 11.6 Å². The second-order valence-electron chi connectivity index (χ2n) is 5.69. The highest BCUT2D eigenvalue weighted by Crippen LogP contribution is 2.18. The van der Waals surface area contributed by atoms with E-state index in [9.17, 15) is 0 Å². The molecule has 0 aliphatic heterocycles. The molecule has 0 atom stereocenters. The summed E-state index contributed by atoms with van der Waals surface area (Å²) in [5.74, 6) is 2.58. The lowest BCUT2D eigenvalue weighted by Crippen LogP contribution is -2.38. The summed E-state index contributed by atoms with van der Waals surface area (Å²) >= 11 is 5.90. The zero-order chi connectivity index (χ0) is 19.1. The van der Waals surface area contributed by atoms with Crippen molar-refractivity contribution in [1.82, 2.24) is 35.5 Å². The van der Waals surface area contributed by atoms with Gasteiger partial charge in [-0.2, -0.15) is 10.1 Å². The number of nitrogens with zero attached hydrogens (tertiary/aromatic N) is 6. The first-order valence-electron chi connectivity index (χ1n) is 8.59. The molecule has 27 heavy (non-hydrogen) atoms. The summed E-state index contributed by atoms with van der Waals surface area (Å²) in [4.78, 5) is 13.1. The van der Waals surface area contributed by atoms with Crippen LogP contribution in [0.4, 0.5) is 0 Å². The minimum atomic E-state index is 0.438. The first kappa shape index (κ1) is 18.8. The smallest absolute Gasteiger partial charge is 0.228 e. The van der Waals surface area contributed by atoms with Gasteiger partial charge in [0, 0.05) is 37.1 Å². The minimum Gasteiger partial charge on any atom is -0.357 e. The molecule has 0 radical (unpaired) electrons. The molecule has 0 aliphatic carbocycles. The summed E-state index contributed by atoms with van der Waals surface area (Å²) in [6.45, 7) is 3.81. The lowest BCUT2D eigenvalue weighted by Gasteiger charge is -2.10. The summed E-state index contributed by atoms with van der Waals surface area (Å²) in [5, 5.41) is 15.1. The van der Waals surface area contributed by atoms with Gasteiger partial charge in [-0.05, 0) is 31.2 Å². The molecule has 0 amide bonds. The molecule has 2 heterocycles. The molecular weight excluding hydrogens is 368 g/mol. The zero-order valence-electron chi connectivity index (χ0n) is 15.2. The molecule has 1 aromatic carbocycles. The van der Waals surface area contributed by atoms with Crippen molar-refractivity contribution in [3.63, 3.8) is 0 Å². The van der Waals surface area contributed by atoms with E-state index in [-0.39, 0.29) is 0 Å². The Kier molecular flexibility index (Phi) is 6.37. The Hall–Kier alpha value is -2.94. The van der Waals surface area contributed by atoms with E-state index in [1.807, 2.05) is 26.1 Å². The highest BCUT2D eigenvalue weighted by atomic mass is 35.5. The van der Waals surface area contributed by atoms with E-state index in [4.69, 9.17) is 16.1 Å². The Bertz CT molecular complexity index is 886. The van der Waals surface area contributed by atoms with E-state index in [1.54, 1.807) is 16.8 Å². The summed E-state index contributed by atoms with van der Waals surface area (Å²) in [5.41, 5.74) is 0.862. The molecule has 0 saturated carbocycles. The third kappa shape index (κ3) is 5.27. The molecule has 10 heteroatoms. The maximum absolute atomic E-state index is 5.90. The molecule has 3 rings (SSSR count). The number of aryl methyl sites for hydroxylation is 1. The number of hydrogen-bond acceptors (Lipinski definition) is 6. The lowest BCUT2D eigenvalue weighted by molar-refractivity contribution is 0.378. The van der Waals surface area contributed by atoms with Gasteiger partial charge >= 0.3 is 0 Å². The van der Waals surface area contributed by atoms with Crippen LogP contribution in [-0.2, 0) is 20.0 Å². The lowest BCUT2D eigenvalue weighted by atomic mass is 10.2. The van der Waals surface area contributed by atoms with Crippen molar-refractivity contribution in [2.24, 2.45) is 12.0 Å². The second-order valence-corrected chi connectivity index (χ2v) is 6.13. The molecule has 0 unspecified atom stereocenters. The molecule has 2 aromatic heterocycles. The average molecular weight is 389 g/mol. The minimum absolute atomic E-state index is 0.438. The topological polar surface area (TPSA) is 106 Å². The molecule has 0 spiro atoms. The number of guanidine groups is 1. The van der Waals surface area contributed by atoms with Crippen LogP contribution in [0.15, 0.2) is 40.1 Å². The van der Waals surface area contributed by atoms with Gasteiger partial charge in [-0.1, -0.05) is 16.8 Å². The maximum Gasteiger partial charge on any atom is 0.228 e. The Morgan fingerprint density at radius 2 is 2.07 bits per heavy atom. The number of hydrogen-bond donors (Lipinski definition) is 2. The number of aromatic nitrogens is 5. The van der Waals surface area contributed by atoms with Crippen molar-refractivity contribution in [2.45, 2.75) is 19.9 Å². The molecule has 3 aromatic rings. The number of nitrogens with one attached hydrogen (secondary N) is 2. The maximum atomic E-state index is 5.90. The van der Waals surface area contributed by atoms with Gasteiger partial charge in [0.05, 0.1) is 0 Å². The van der Waals surface area contributed by atoms with Crippen LogP contribution in [0, 0.1) is 0 Å². The van der Waals surface area contributed by atoms with Crippen molar-refractivity contribution in [2.75, 3.05) is 13.1 Å². The van der Waals surface area contributed by atoms with Gasteiger partial charge in [0.25, 0.3) is 0 Å². The number of halogens is 1. The van der Waals surface area contributed by atoms with Crippen LogP contribution in [0.25, 0.3) is 11.4 Å². The standard InChI is InChI=1S/C17H21ClN8O/c1-3-19-17(21-10-14-22-11-23-26(14)2)20-9-8-15-24-16(25-27-15)12-4-6-13(18)7-5-12/h4-7,11H,3,8-10H2,1-2H3,(H2,19,20,21). The van der Waals surface area contributed by atoms with Crippen LogP contribution in [-0.4, -0.2) is 44.0 Å². The summed E-state index contributed by atoms with van der Waals surface area (Å²) < 4.78 is 7.01. The highest BCUT2D eigenvalue weighted by Gasteiger charge is 2.09. The highest BCUT2D eigenvalue weighted by molar-refractivity contribution is 6.30. The van der Waals surface area contributed by atoms with E-state index >= 15 is 0 Å². The first-order chi connectivity index (χ1) is 13.2. The van der Waals surface area contributed by atoms with Gasteiger partial charge < -0.3 is 15.2 Å². The monoisotopic (exact) mass is 388 g/mol. The molecule has 0 saturated heterocycles. The van der Waals surface area contributed by atoms with Crippen molar-refractivity contribution >= 4 is 17.6 Å². The SMILES string of the molecule is CCNC(=NCc1ncnn1C)NCCc1nc(-c2ccc(Cl)cc2)no1. The average Bonchev–Trinajstić information content (AvgIpc) is 3.29. The fraction of sp³-hybridized carbons (Fsp3) is 0.353. The summed E-state index contributed by atoms with van der Waals surface area (Å²) in [6, 6.07) is 7.31. The molecule has 9 nitrogen and oxygen atoms in total. The number of rotatable bonds is 7. The predicted molar refractivity (Wildman–Crippen MR) is 102 cm³/mol. The molecule has 2 N–H and O–H groups in total. The molecule has 0 aliphatic rings. The zero-order valence-corrected chi connectivity index (χ0v) is 15.9. The van der Waals surface area contributed by atoms with E-state index in [1.165, 1.54) is 6.33 Å². The van der Waals surface area contributed by atoms with Gasteiger partial charge in [-0.3, -0.25) is 4.68 Å². The Labute approximate surface area is 161 Å². The molecule has 0 fully saturated rings. The predicted octanol–water partition coefficient (Wildman–Crippen LogP) is 1.82. The summed E-state index contributed by atoms with van der Waals surface area (Å²) in [6.07, 6.45) is 2.09. The van der Waals surface area contributed by atoms with E-state index < -0.39 is 0 Å². The Balaban J connectivity index is 1.54. The normalized spacial score (nSPS) is 11.6. The molecule has 0 bridgehead atoms. The van der Waals surface area contributed by atoms with Gasteiger partial charge in [0.15, 0.2) is 5.96 Å². The van der Waals surface area contributed by atoms with Gasteiger partial charge in [-0.15, -0.1) is 0 Å². The van der Waals surface area contributed by atoms with E-state index in [0.29, 0.717) is 42.2 Å². The Morgan fingerprint density at radius 3 is 2.78 bits per heavy atom. The molecule has 142 valence electrons. The van der Waals surface area contributed by atoms with Crippen molar-refractivity contribution in [3.8, 4) is 11.4 Å². The van der Waals surface area contributed by atoms with Crippen molar-refractivity contribution in [3.05, 3.63) is 47.3 Å². The van der Waals surface area contributed by atoms with Crippen LogP contribution in [0.3, 0.4) is 0 Å². The van der Waals surface area contributed by atoms with Gasteiger partial charge in [0.2, 0.25) is 11.7 Å². The Morgan fingerprint density at radius 1 is 1.26 bits per heavy atom. The largest absolute Gasteiger partial charge is 0.357 e. The van der Waals surface area contributed by atoms with Gasteiger partial charge in [0.1, 0.15) is 18.7 Å². The van der Waals surface area contributed by atoms with E-state index in [2.05, 4.69) is 35.8 Å².